The molecule has 0 aliphatic carbocycles. The fourth-order valence-corrected chi connectivity index (χ4v) is 4.78. The molecule has 1 aromatic heterocycles. The maximum absolute atomic E-state index is 12.7. The lowest BCUT2D eigenvalue weighted by Gasteiger charge is -2.29. The van der Waals surface area contributed by atoms with Gasteiger partial charge in [-0.15, -0.1) is 11.3 Å². The Bertz CT molecular complexity index is 903. The van der Waals surface area contributed by atoms with Crippen molar-refractivity contribution in [1.29, 1.82) is 0 Å². The third-order valence-electron chi connectivity index (χ3n) is 5.61. The maximum atomic E-state index is 12.7. The molecule has 0 bridgehead atoms. The van der Waals surface area contributed by atoms with E-state index in [0.717, 1.165) is 50.4 Å². The van der Waals surface area contributed by atoms with E-state index in [1.165, 1.54) is 15.3 Å². The lowest BCUT2D eigenvalue weighted by atomic mass is 10.0. The summed E-state index contributed by atoms with van der Waals surface area (Å²) in [4.78, 5) is 17.2. The van der Waals surface area contributed by atoms with Crippen molar-refractivity contribution < 1.29 is 14.6 Å². The zero-order valence-electron chi connectivity index (χ0n) is 16.7. The quantitative estimate of drug-likeness (QED) is 0.542. The number of benzene rings is 2. The van der Waals surface area contributed by atoms with Crippen LogP contribution < -0.4 is 15.1 Å². The minimum atomic E-state index is 0.113. The van der Waals surface area contributed by atoms with E-state index in [1.807, 2.05) is 35.6 Å². The first-order valence-corrected chi connectivity index (χ1v) is 11.3. The van der Waals surface area contributed by atoms with Crippen LogP contribution in [0.3, 0.4) is 0 Å². The van der Waals surface area contributed by atoms with E-state index >= 15 is 0 Å². The number of amides is 1. The first kappa shape index (κ1) is 19.8. The number of piperazine rings is 1. The van der Waals surface area contributed by atoms with Crippen LogP contribution >= 0.6 is 11.3 Å². The van der Waals surface area contributed by atoms with Gasteiger partial charge in [-0.3, -0.25) is 4.79 Å². The van der Waals surface area contributed by atoms with Crippen molar-refractivity contribution in [3.63, 3.8) is 0 Å². The molecule has 0 spiro atoms. The van der Waals surface area contributed by atoms with E-state index in [0.29, 0.717) is 6.54 Å². The molecule has 1 fully saturated rings. The van der Waals surface area contributed by atoms with Crippen LogP contribution in [-0.4, -0.2) is 38.6 Å². The third kappa shape index (κ3) is 5.76. The Morgan fingerprint density at radius 1 is 0.862 bits per heavy atom. The largest absolute Gasteiger partial charge is 0.321 e. The number of thiophene rings is 1. The van der Waals surface area contributed by atoms with Crippen LogP contribution in [0.2, 0.25) is 0 Å². The van der Waals surface area contributed by atoms with E-state index in [9.17, 15) is 4.79 Å². The summed E-state index contributed by atoms with van der Waals surface area (Å²) in [5, 5.41) is 5.31. The van der Waals surface area contributed by atoms with Crippen molar-refractivity contribution in [3.05, 3.63) is 88.1 Å². The van der Waals surface area contributed by atoms with Gasteiger partial charge < -0.3 is 15.1 Å². The van der Waals surface area contributed by atoms with Gasteiger partial charge in [-0.1, -0.05) is 54.6 Å². The second-order valence-corrected chi connectivity index (χ2v) is 8.83. The summed E-state index contributed by atoms with van der Waals surface area (Å²) in [6.07, 6.45) is 0.828. The fourth-order valence-electron chi connectivity index (χ4n) is 4.00. The number of carbonyl (C=O) groups is 1. The summed E-state index contributed by atoms with van der Waals surface area (Å²) < 4.78 is 0. The van der Waals surface area contributed by atoms with Crippen LogP contribution in [0.4, 0.5) is 5.69 Å². The molecular formula is C24H29N3OS+2. The zero-order chi connectivity index (χ0) is 19.9. The second-order valence-electron chi connectivity index (χ2n) is 7.80. The highest BCUT2D eigenvalue weighted by Gasteiger charge is 2.25. The fraction of sp³-hybridized carbons (Fsp3) is 0.292. The number of carbonyl (C=O) groups excluding carboxylic acids is 1. The molecule has 1 aliphatic heterocycles. The van der Waals surface area contributed by atoms with E-state index in [-0.39, 0.29) is 5.91 Å². The molecule has 0 saturated carbocycles. The molecule has 29 heavy (non-hydrogen) atoms. The number of hydrogen-bond donors (Lipinski definition) is 3. The van der Waals surface area contributed by atoms with Gasteiger partial charge in [-0.05, 0) is 35.1 Å². The first-order chi connectivity index (χ1) is 14.3. The van der Waals surface area contributed by atoms with Gasteiger partial charge in [0.15, 0.2) is 6.54 Å². The van der Waals surface area contributed by atoms with Crippen LogP contribution in [0.1, 0.15) is 16.0 Å². The number of quaternary nitrogens is 2. The molecular weight excluding hydrogens is 378 g/mol. The number of hydrogen-bond acceptors (Lipinski definition) is 2. The van der Waals surface area contributed by atoms with Crippen LogP contribution in [0.25, 0.3) is 0 Å². The summed E-state index contributed by atoms with van der Waals surface area (Å²) in [7, 11) is 0. The summed E-state index contributed by atoms with van der Waals surface area (Å²) >= 11 is 1.84. The number of anilines is 1. The normalized spacial score (nSPS) is 19.0. The molecule has 5 heteroatoms. The average molecular weight is 408 g/mol. The molecule has 1 saturated heterocycles. The van der Waals surface area contributed by atoms with Crippen molar-refractivity contribution in [2.24, 2.45) is 0 Å². The predicted molar refractivity (Wildman–Crippen MR) is 119 cm³/mol. The first-order valence-electron chi connectivity index (χ1n) is 10.4. The number of nitrogens with one attached hydrogen (secondary N) is 3. The number of rotatable bonds is 7. The van der Waals surface area contributed by atoms with Gasteiger partial charge in [0.2, 0.25) is 0 Å². The molecule has 3 N–H and O–H groups in total. The molecule has 1 amide bonds. The molecule has 4 nitrogen and oxygen atoms in total. The topological polar surface area (TPSA) is 38.0 Å². The van der Waals surface area contributed by atoms with Crippen LogP contribution in [0, 0.1) is 0 Å². The molecule has 1 aliphatic rings. The number of para-hydroxylation sites is 1. The summed E-state index contributed by atoms with van der Waals surface area (Å²) in [6, 6.07) is 22.9. The minimum absolute atomic E-state index is 0.113. The van der Waals surface area contributed by atoms with Crippen molar-refractivity contribution >= 4 is 22.9 Å². The van der Waals surface area contributed by atoms with E-state index < -0.39 is 0 Å². The average Bonchev–Trinajstić information content (AvgIpc) is 3.25. The van der Waals surface area contributed by atoms with Crippen molar-refractivity contribution in [2.75, 3.05) is 38.0 Å². The molecule has 2 aromatic carbocycles. The van der Waals surface area contributed by atoms with E-state index in [1.54, 1.807) is 4.90 Å². The second kappa shape index (κ2) is 9.83. The Morgan fingerprint density at radius 2 is 1.59 bits per heavy atom. The highest BCUT2D eigenvalue weighted by molar-refractivity contribution is 7.09. The highest BCUT2D eigenvalue weighted by Crippen LogP contribution is 2.18. The zero-order valence-corrected chi connectivity index (χ0v) is 17.5. The summed E-state index contributed by atoms with van der Waals surface area (Å²) in [5.41, 5.74) is 3.35. The standard InChI is InChI=1S/C24H27N3OS/c28-24(19-27-14-12-26(13-15-27)18-22-10-6-16-29-22)25-23-11-5-4-9-21(23)17-20-7-2-1-3-8-20/h1-11,16H,12-15,17-19H2,(H,25,28)/p+2. The van der Waals surface area contributed by atoms with Crippen LogP contribution in [0.15, 0.2) is 72.1 Å². The Kier molecular flexibility index (Phi) is 6.72. The van der Waals surface area contributed by atoms with Crippen molar-refractivity contribution in [3.8, 4) is 0 Å². The SMILES string of the molecule is O=C(C[NH+]1CC[NH+](Cc2cccs2)CC1)Nc1ccccc1Cc1ccccc1. The minimum Gasteiger partial charge on any atom is -0.321 e. The van der Waals surface area contributed by atoms with Crippen molar-refractivity contribution in [1.82, 2.24) is 0 Å². The Hall–Kier alpha value is -2.47. The molecule has 0 unspecified atom stereocenters. The van der Waals surface area contributed by atoms with Gasteiger partial charge in [0, 0.05) is 5.69 Å². The molecule has 0 radical (unpaired) electrons. The van der Waals surface area contributed by atoms with Gasteiger partial charge in [0.25, 0.3) is 5.91 Å². The van der Waals surface area contributed by atoms with Gasteiger partial charge in [0.05, 0.1) is 4.88 Å². The van der Waals surface area contributed by atoms with Gasteiger partial charge >= 0.3 is 0 Å². The molecule has 4 rings (SSSR count). The molecule has 0 atom stereocenters. The van der Waals surface area contributed by atoms with Crippen molar-refractivity contribution in [2.45, 2.75) is 13.0 Å². The third-order valence-corrected chi connectivity index (χ3v) is 6.48. The molecule has 2 heterocycles. The van der Waals surface area contributed by atoms with Crippen LogP contribution in [-0.2, 0) is 17.8 Å². The smallest absolute Gasteiger partial charge is 0.279 e. The predicted octanol–water partition coefficient (Wildman–Crippen LogP) is 1.26. The summed E-state index contributed by atoms with van der Waals surface area (Å²) in [6.45, 7) is 6.03. The van der Waals surface area contributed by atoms with E-state index in [2.05, 4.69) is 53.2 Å². The lowest BCUT2D eigenvalue weighted by Crippen LogP contribution is -3.28. The van der Waals surface area contributed by atoms with E-state index in [4.69, 9.17) is 0 Å². The monoisotopic (exact) mass is 407 g/mol. The van der Waals surface area contributed by atoms with Gasteiger partial charge in [0.1, 0.15) is 32.7 Å². The Balaban J connectivity index is 1.28. The Morgan fingerprint density at radius 3 is 2.34 bits per heavy atom. The molecule has 150 valence electrons. The van der Waals surface area contributed by atoms with Crippen LogP contribution in [0.5, 0.6) is 0 Å². The lowest BCUT2D eigenvalue weighted by molar-refractivity contribution is -1.01. The van der Waals surface area contributed by atoms with Gasteiger partial charge in [-0.25, -0.2) is 0 Å². The highest BCUT2D eigenvalue weighted by atomic mass is 32.1. The molecule has 3 aromatic rings. The maximum Gasteiger partial charge on any atom is 0.279 e. The Labute approximate surface area is 176 Å². The van der Waals surface area contributed by atoms with Gasteiger partial charge in [-0.2, -0.15) is 0 Å². The summed E-state index contributed by atoms with van der Waals surface area (Å²) in [5.74, 6) is 0.113.